The van der Waals surface area contributed by atoms with Crippen molar-refractivity contribution in [1.82, 2.24) is 0 Å². The third kappa shape index (κ3) is 1.35. The highest BCUT2D eigenvalue weighted by molar-refractivity contribution is 6.03. The largest absolute Gasteiger partial charge is 0.457 e. The molecule has 1 aliphatic rings. The van der Waals surface area contributed by atoms with Gasteiger partial charge in [-0.1, -0.05) is 12.1 Å². The van der Waals surface area contributed by atoms with E-state index in [0.29, 0.717) is 17.9 Å². The van der Waals surface area contributed by atoms with Gasteiger partial charge in [0.15, 0.2) is 0 Å². The van der Waals surface area contributed by atoms with Crippen LogP contribution in [0.25, 0.3) is 0 Å². The summed E-state index contributed by atoms with van der Waals surface area (Å²) in [5, 5.41) is 2.60. The Morgan fingerprint density at radius 2 is 2.29 bits per heavy atom. The van der Waals surface area contributed by atoms with Crippen LogP contribution >= 0.6 is 0 Å². The van der Waals surface area contributed by atoms with Crippen LogP contribution < -0.4 is 5.32 Å². The Kier molecular flexibility index (Phi) is 1.96. The minimum absolute atomic E-state index is 0.196. The van der Waals surface area contributed by atoms with Gasteiger partial charge in [-0.05, 0) is 6.07 Å². The molecule has 0 radical (unpaired) electrons. The van der Waals surface area contributed by atoms with Gasteiger partial charge in [0.25, 0.3) is 0 Å². The standard InChI is InChI=1S/C10H9NO3/c1-6(12)11-8-4-2-3-7-5-14-10(13)9(7)8/h2-4H,5H2,1H3,(H,11,12). The van der Waals surface area contributed by atoms with Crippen molar-refractivity contribution in [3.8, 4) is 0 Å². The number of hydrogen-bond donors (Lipinski definition) is 1. The lowest BCUT2D eigenvalue weighted by molar-refractivity contribution is -0.114. The number of ether oxygens (including phenoxy) is 1. The average molecular weight is 191 g/mol. The minimum Gasteiger partial charge on any atom is -0.457 e. The molecule has 0 atom stereocenters. The fraction of sp³-hybridized carbons (Fsp3) is 0.200. The molecule has 72 valence electrons. The maximum Gasteiger partial charge on any atom is 0.341 e. The number of nitrogens with one attached hydrogen (secondary N) is 1. The molecule has 0 fully saturated rings. The zero-order chi connectivity index (χ0) is 10.1. The van der Waals surface area contributed by atoms with Crippen LogP contribution in [-0.4, -0.2) is 11.9 Å². The lowest BCUT2D eigenvalue weighted by atomic mass is 10.1. The van der Waals surface area contributed by atoms with E-state index in [1.807, 2.05) is 6.07 Å². The van der Waals surface area contributed by atoms with Gasteiger partial charge in [-0.25, -0.2) is 4.79 Å². The van der Waals surface area contributed by atoms with Gasteiger partial charge in [-0.15, -0.1) is 0 Å². The van der Waals surface area contributed by atoms with E-state index in [1.165, 1.54) is 6.92 Å². The SMILES string of the molecule is CC(=O)Nc1cccc2c1C(=O)OC2. The predicted octanol–water partition coefficient (Wildman–Crippen LogP) is 1.32. The van der Waals surface area contributed by atoms with Crippen LogP contribution in [0.15, 0.2) is 18.2 Å². The molecule has 0 aromatic heterocycles. The molecule has 1 heterocycles. The first-order chi connectivity index (χ1) is 6.68. The molecule has 1 aromatic rings. The number of amides is 1. The number of hydrogen-bond acceptors (Lipinski definition) is 3. The average Bonchev–Trinajstić information content (AvgIpc) is 2.48. The number of anilines is 1. The molecule has 1 aliphatic heterocycles. The third-order valence-electron chi connectivity index (χ3n) is 2.02. The highest BCUT2D eigenvalue weighted by atomic mass is 16.5. The minimum atomic E-state index is -0.371. The molecule has 1 N–H and O–H groups in total. The van der Waals surface area contributed by atoms with Gasteiger partial charge in [0, 0.05) is 12.5 Å². The molecule has 0 unspecified atom stereocenters. The number of benzene rings is 1. The second kappa shape index (κ2) is 3.14. The molecule has 0 bridgehead atoms. The quantitative estimate of drug-likeness (QED) is 0.681. The predicted molar refractivity (Wildman–Crippen MR) is 49.9 cm³/mol. The molecular weight excluding hydrogens is 182 g/mol. The van der Waals surface area contributed by atoms with E-state index >= 15 is 0 Å². The molecule has 14 heavy (non-hydrogen) atoms. The van der Waals surface area contributed by atoms with Gasteiger partial charge in [-0.2, -0.15) is 0 Å². The molecule has 1 aromatic carbocycles. The van der Waals surface area contributed by atoms with E-state index in [2.05, 4.69) is 5.32 Å². The van der Waals surface area contributed by atoms with Crippen LogP contribution in [0.5, 0.6) is 0 Å². The van der Waals surface area contributed by atoms with E-state index in [9.17, 15) is 9.59 Å². The van der Waals surface area contributed by atoms with Crippen molar-refractivity contribution in [2.45, 2.75) is 13.5 Å². The van der Waals surface area contributed by atoms with Crippen molar-refractivity contribution >= 4 is 17.6 Å². The van der Waals surface area contributed by atoms with E-state index in [4.69, 9.17) is 4.74 Å². The first-order valence-corrected chi connectivity index (χ1v) is 4.25. The second-order valence-corrected chi connectivity index (χ2v) is 3.10. The Hall–Kier alpha value is -1.84. The number of carbonyl (C=O) groups excluding carboxylic acids is 2. The fourth-order valence-corrected chi connectivity index (χ4v) is 1.47. The molecule has 2 rings (SSSR count). The van der Waals surface area contributed by atoms with Crippen LogP contribution in [0.1, 0.15) is 22.8 Å². The maximum atomic E-state index is 11.3. The van der Waals surface area contributed by atoms with Gasteiger partial charge in [0.05, 0.1) is 11.3 Å². The fourth-order valence-electron chi connectivity index (χ4n) is 1.47. The third-order valence-corrected chi connectivity index (χ3v) is 2.02. The van der Waals surface area contributed by atoms with Crippen molar-refractivity contribution in [3.63, 3.8) is 0 Å². The van der Waals surface area contributed by atoms with Gasteiger partial charge in [-0.3, -0.25) is 4.79 Å². The molecule has 0 saturated heterocycles. The first-order valence-electron chi connectivity index (χ1n) is 4.25. The summed E-state index contributed by atoms with van der Waals surface area (Å²) in [4.78, 5) is 22.2. The summed E-state index contributed by atoms with van der Waals surface area (Å²) >= 11 is 0. The molecule has 0 saturated carbocycles. The number of carbonyl (C=O) groups is 2. The normalized spacial score (nSPS) is 13.4. The maximum absolute atomic E-state index is 11.3. The molecule has 0 aliphatic carbocycles. The zero-order valence-electron chi connectivity index (χ0n) is 7.66. The Bertz CT molecular complexity index is 412. The molecule has 4 heteroatoms. The molecule has 1 amide bonds. The van der Waals surface area contributed by atoms with Crippen molar-refractivity contribution < 1.29 is 14.3 Å². The van der Waals surface area contributed by atoms with Gasteiger partial charge in [0.1, 0.15) is 6.61 Å². The lowest BCUT2D eigenvalue weighted by Crippen LogP contribution is -2.09. The van der Waals surface area contributed by atoms with Crippen LogP contribution in [0.4, 0.5) is 5.69 Å². The topological polar surface area (TPSA) is 55.4 Å². The summed E-state index contributed by atoms with van der Waals surface area (Å²) in [5.41, 5.74) is 1.82. The van der Waals surface area contributed by atoms with E-state index in [-0.39, 0.29) is 11.9 Å². The molecule has 4 nitrogen and oxygen atoms in total. The summed E-state index contributed by atoms with van der Waals surface area (Å²) in [7, 11) is 0. The highest BCUT2D eigenvalue weighted by Crippen LogP contribution is 2.26. The van der Waals surface area contributed by atoms with E-state index < -0.39 is 0 Å². The lowest BCUT2D eigenvalue weighted by Gasteiger charge is -2.04. The Balaban J connectivity index is 2.46. The van der Waals surface area contributed by atoms with Crippen LogP contribution in [-0.2, 0) is 16.1 Å². The summed E-state index contributed by atoms with van der Waals surface area (Å²) in [5.74, 6) is -0.567. The Morgan fingerprint density at radius 1 is 1.50 bits per heavy atom. The van der Waals surface area contributed by atoms with Crippen LogP contribution in [0.2, 0.25) is 0 Å². The zero-order valence-corrected chi connectivity index (χ0v) is 7.66. The molecule has 0 spiro atoms. The number of fused-ring (bicyclic) bond motifs is 1. The van der Waals surface area contributed by atoms with Crippen LogP contribution in [0.3, 0.4) is 0 Å². The number of rotatable bonds is 1. The smallest absolute Gasteiger partial charge is 0.341 e. The summed E-state index contributed by atoms with van der Waals surface area (Å²) in [6.45, 7) is 1.70. The Morgan fingerprint density at radius 3 is 3.00 bits per heavy atom. The van der Waals surface area contributed by atoms with Crippen molar-refractivity contribution in [1.29, 1.82) is 0 Å². The van der Waals surface area contributed by atoms with Gasteiger partial charge in [0.2, 0.25) is 5.91 Å². The molecular formula is C10H9NO3. The number of esters is 1. The van der Waals surface area contributed by atoms with Crippen molar-refractivity contribution in [2.24, 2.45) is 0 Å². The summed E-state index contributed by atoms with van der Waals surface area (Å²) < 4.78 is 4.86. The van der Waals surface area contributed by atoms with E-state index in [1.54, 1.807) is 12.1 Å². The Labute approximate surface area is 80.9 Å². The van der Waals surface area contributed by atoms with Crippen molar-refractivity contribution in [3.05, 3.63) is 29.3 Å². The summed E-state index contributed by atoms with van der Waals surface area (Å²) in [6.07, 6.45) is 0. The first kappa shape index (κ1) is 8.74. The van der Waals surface area contributed by atoms with E-state index in [0.717, 1.165) is 5.56 Å². The summed E-state index contributed by atoms with van der Waals surface area (Å²) in [6, 6.07) is 5.28. The highest BCUT2D eigenvalue weighted by Gasteiger charge is 2.24. The van der Waals surface area contributed by atoms with Crippen LogP contribution in [0, 0.1) is 0 Å². The monoisotopic (exact) mass is 191 g/mol. The number of cyclic esters (lactones) is 1. The van der Waals surface area contributed by atoms with Gasteiger partial charge < -0.3 is 10.1 Å². The van der Waals surface area contributed by atoms with Gasteiger partial charge >= 0.3 is 5.97 Å². The van der Waals surface area contributed by atoms with Crippen molar-refractivity contribution in [2.75, 3.05) is 5.32 Å². The second-order valence-electron chi connectivity index (χ2n) is 3.10.